The summed E-state index contributed by atoms with van der Waals surface area (Å²) in [7, 11) is 0. The molecule has 0 spiro atoms. The zero-order chi connectivity index (χ0) is 29.6. The molecule has 1 aliphatic carbocycles. The van der Waals surface area contributed by atoms with Crippen LogP contribution in [0.4, 0.5) is 10.6 Å². The number of para-hydroxylation sites is 1. The Bertz CT molecular complexity index is 1460. The molecule has 2 N–H and O–H groups in total. The van der Waals surface area contributed by atoms with Crippen molar-refractivity contribution < 1.29 is 4.79 Å². The maximum Gasteiger partial charge on any atom is 0.320 e. The van der Waals surface area contributed by atoms with Crippen molar-refractivity contribution in [1.29, 1.82) is 0 Å². The smallest absolute Gasteiger partial charge is 0.320 e. The van der Waals surface area contributed by atoms with Crippen LogP contribution >= 0.6 is 22.9 Å². The van der Waals surface area contributed by atoms with Gasteiger partial charge in [0.05, 0.1) is 17.8 Å². The predicted octanol–water partition coefficient (Wildman–Crippen LogP) is 7.44. The quantitative estimate of drug-likeness (QED) is 0.162. The average Bonchev–Trinajstić information content (AvgIpc) is 3.76. The second kappa shape index (κ2) is 14.0. The summed E-state index contributed by atoms with van der Waals surface area (Å²) in [6.07, 6.45) is 19.4. The summed E-state index contributed by atoms with van der Waals surface area (Å²) < 4.78 is 6.20. The Hall–Kier alpha value is -3.25. The van der Waals surface area contributed by atoms with Gasteiger partial charge in [0.1, 0.15) is 17.3 Å². The van der Waals surface area contributed by atoms with Gasteiger partial charge in [-0.15, -0.1) is 0 Å². The van der Waals surface area contributed by atoms with Crippen LogP contribution in [0.5, 0.6) is 0 Å². The van der Waals surface area contributed by atoms with Crippen molar-refractivity contribution in [3.8, 4) is 16.9 Å². The number of benzene rings is 1. The third kappa shape index (κ3) is 7.12. The number of nitrogens with zero attached hydrogens (tertiary/aromatic N) is 6. The highest BCUT2D eigenvalue weighted by atomic mass is 127. The summed E-state index contributed by atoms with van der Waals surface area (Å²) in [5, 5.41) is 11.3. The van der Waals surface area contributed by atoms with E-state index in [1.54, 1.807) is 0 Å². The van der Waals surface area contributed by atoms with Gasteiger partial charge in [0.2, 0.25) is 0 Å². The number of hydrogen-bond donors (Lipinski definition) is 2. The molecule has 3 aromatic heterocycles. The molecule has 4 heterocycles. The molecule has 2 amide bonds. The first-order valence-corrected chi connectivity index (χ1v) is 16.6. The van der Waals surface area contributed by atoms with E-state index in [-0.39, 0.29) is 18.1 Å². The number of urea groups is 1. The number of carbonyl (C=O) groups excluding carboxylic acids is 1. The van der Waals surface area contributed by atoms with Crippen LogP contribution in [-0.2, 0) is 0 Å². The Morgan fingerprint density at radius 3 is 2.21 bits per heavy atom. The molecule has 2 atom stereocenters. The van der Waals surface area contributed by atoms with Gasteiger partial charge in [-0.1, -0.05) is 63.1 Å². The molecular formula is C33H41IN8O. The number of hydrogen-bond acceptors (Lipinski definition) is 5. The van der Waals surface area contributed by atoms with E-state index in [2.05, 4.69) is 53.6 Å². The summed E-state index contributed by atoms with van der Waals surface area (Å²) in [6, 6.07) is 13.8. The molecular weight excluding hydrogens is 651 g/mol. The lowest BCUT2D eigenvalue weighted by molar-refractivity contribution is 0.246. The Balaban J connectivity index is 1.24. The summed E-state index contributed by atoms with van der Waals surface area (Å²) in [6.45, 7) is 3.63. The second-order valence-electron chi connectivity index (χ2n) is 11.9. The van der Waals surface area contributed by atoms with Crippen molar-refractivity contribution >= 4 is 34.7 Å². The first-order chi connectivity index (χ1) is 21.1. The second-order valence-corrected chi connectivity index (χ2v) is 13.2. The predicted molar refractivity (Wildman–Crippen MR) is 179 cm³/mol. The highest BCUT2D eigenvalue weighted by Gasteiger charge is 2.34. The lowest BCUT2D eigenvalue weighted by Gasteiger charge is -2.22. The molecule has 0 radical (unpaired) electrons. The van der Waals surface area contributed by atoms with Crippen molar-refractivity contribution in [3.05, 3.63) is 78.6 Å². The maximum absolute atomic E-state index is 13.5. The minimum atomic E-state index is -0.247. The fraction of sp³-hybridized carbons (Fsp3) is 0.455. The van der Waals surface area contributed by atoms with E-state index in [0.717, 1.165) is 54.3 Å². The van der Waals surface area contributed by atoms with E-state index >= 15 is 0 Å². The van der Waals surface area contributed by atoms with E-state index in [4.69, 9.17) is 15.1 Å². The van der Waals surface area contributed by atoms with Crippen LogP contribution < -0.4 is 10.6 Å². The number of aromatic nitrogens is 5. The fourth-order valence-corrected chi connectivity index (χ4v) is 7.30. The van der Waals surface area contributed by atoms with Gasteiger partial charge in [-0.3, -0.25) is 5.32 Å². The zero-order valence-electron chi connectivity index (χ0n) is 24.8. The minimum Gasteiger partial charge on any atom is -0.348 e. The van der Waals surface area contributed by atoms with Crippen molar-refractivity contribution in [2.75, 3.05) is 18.4 Å². The standard InChI is InChI=1S/C33H41IN8O/c1-24-30(26-20-35-31(36-21-26)25-14-8-5-3-2-4-6-9-15-25)39-42(27-16-10-7-11-17-27)32(24)38-33(43)37-28-22-41(34)23-29(28)40-18-12-13-19-40/h7,10-13,16-21,25,28-29H,2-6,8-9,14-15,22-23H2,1H3,(H2,37,38,43). The lowest BCUT2D eigenvalue weighted by Crippen LogP contribution is -2.43. The molecule has 0 bridgehead atoms. The van der Waals surface area contributed by atoms with E-state index < -0.39 is 0 Å². The van der Waals surface area contributed by atoms with Crippen LogP contribution in [0.2, 0.25) is 0 Å². The molecule has 1 saturated carbocycles. The molecule has 1 aromatic carbocycles. The van der Waals surface area contributed by atoms with E-state index in [1.807, 2.05) is 66.5 Å². The van der Waals surface area contributed by atoms with Crippen LogP contribution in [-0.4, -0.2) is 52.6 Å². The molecule has 4 aromatic rings. The van der Waals surface area contributed by atoms with Gasteiger partial charge in [0.25, 0.3) is 0 Å². The molecule has 1 aliphatic heterocycles. The molecule has 2 aliphatic rings. The Morgan fingerprint density at radius 2 is 1.53 bits per heavy atom. The first kappa shape index (κ1) is 29.8. The minimum absolute atomic E-state index is 0.0277. The van der Waals surface area contributed by atoms with Crippen LogP contribution in [0.3, 0.4) is 0 Å². The molecule has 226 valence electrons. The maximum atomic E-state index is 13.5. The van der Waals surface area contributed by atoms with Crippen LogP contribution in [0.15, 0.2) is 67.3 Å². The Labute approximate surface area is 268 Å². The van der Waals surface area contributed by atoms with E-state index in [9.17, 15) is 4.79 Å². The largest absolute Gasteiger partial charge is 0.348 e. The number of carbonyl (C=O) groups is 1. The number of halogens is 1. The number of nitrogens with one attached hydrogen (secondary N) is 2. The fourth-order valence-electron chi connectivity index (χ4n) is 6.48. The normalized spacial score (nSPS) is 20.6. The van der Waals surface area contributed by atoms with Gasteiger partial charge in [-0.2, -0.15) is 5.10 Å². The number of anilines is 1. The van der Waals surface area contributed by atoms with Gasteiger partial charge < -0.3 is 9.88 Å². The highest BCUT2D eigenvalue weighted by Crippen LogP contribution is 2.32. The molecule has 2 fully saturated rings. The summed E-state index contributed by atoms with van der Waals surface area (Å²) in [5.74, 6) is 2.00. The van der Waals surface area contributed by atoms with Crippen molar-refractivity contribution in [2.24, 2.45) is 0 Å². The average molecular weight is 693 g/mol. The zero-order valence-corrected chi connectivity index (χ0v) is 27.0. The van der Waals surface area contributed by atoms with Crippen LogP contribution in [0, 0.1) is 6.92 Å². The highest BCUT2D eigenvalue weighted by molar-refractivity contribution is 14.1. The van der Waals surface area contributed by atoms with E-state index in [1.165, 1.54) is 44.9 Å². The molecule has 2 unspecified atom stereocenters. The summed E-state index contributed by atoms with van der Waals surface area (Å²) in [5.41, 5.74) is 3.36. The van der Waals surface area contributed by atoms with Gasteiger partial charge in [0, 0.05) is 77.8 Å². The number of rotatable bonds is 6. The summed E-state index contributed by atoms with van der Waals surface area (Å²) >= 11 is 2.33. The molecule has 9 nitrogen and oxygen atoms in total. The van der Waals surface area contributed by atoms with Crippen LogP contribution in [0.25, 0.3) is 16.9 Å². The molecule has 43 heavy (non-hydrogen) atoms. The first-order valence-electron chi connectivity index (χ1n) is 15.6. The number of amides is 2. The van der Waals surface area contributed by atoms with Crippen LogP contribution in [0.1, 0.15) is 81.1 Å². The topological polar surface area (TPSA) is 92.9 Å². The third-order valence-corrected chi connectivity index (χ3v) is 9.63. The van der Waals surface area contributed by atoms with Gasteiger partial charge >= 0.3 is 6.03 Å². The van der Waals surface area contributed by atoms with Gasteiger partial charge in [0.15, 0.2) is 0 Å². The van der Waals surface area contributed by atoms with Crippen molar-refractivity contribution in [3.63, 3.8) is 0 Å². The Kier molecular flexibility index (Phi) is 9.72. The molecule has 10 heteroatoms. The van der Waals surface area contributed by atoms with Gasteiger partial charge in [-0.05, 0) is 44.0 Å². The molecule has 1 saturated heterocycles. The van der Waals surface area contributed by atoms with Crippen molar-refractivity contribution in [1.82, 2.24) is 32.7 Å². The Morgan fingerprint density at radius 1 is 0.884 bits per heavy atom. The van der Waals surface area contributed by atoms with E-state index in [0.29, 0.717) is 11.7 Å². The monoisotopic (exact) mass is 692 g/mol. The summed E-state index contributed by atoms with van der Waals surface area (Å²) in [4.78, 5) is 23.2. The van der Waals surface area contributed by atoms with Crippen molar-refractivity contribution in [2.45, 2.75) is 82.7 Å². The van der Waals surface area contributed by atoms with Gasteiger partial charge in [-0.25, -0.2) is 22.6 Å². The SMILES string of the molecule is Cc1c(-c2cnc(C3CCCCCCCCC3)nc2)nn(-c2ccccc2)c1NC(=O)NC1CN(I)CC1n1cccc1. The lowest BCUT2D eigenvalue weighted by atomic mass is 9.91. The third-order valence-electron chi connectivity index (χ3n) is 8.84. The molecule has 6 rings (SSSR count).